The molecule has 0 aliphatic heterocycles. The Balaban J connectivity index is 0.000000211. The van der Waals surface area contributed by atoms with Crippen LogP contribution in [0.3, 0.4) is 0 Å². The predicted octanol–water partition coefficient (Wildman–Crippen LogP) is 4.49. The molecular formula is C19H24N2. The van der Waals surface area contributed by atoms with E-state index < -0.39 is 0 Å². The minimum Gasteiger partial charge on any atom is -0.399 e. The normalized spacial score (nSPS) is 9.29. The van der Waals surface area contributed by atoms with Crippen LogP contribution in [0.1, 0.15) is 23.6 Å². The maximum Gasteiger partial charge on any atom is 0.0340 e. The molecule has 2 heteroatoms. The molecule has 0 atom stereocenters. The van der Waals surface area contributed by atoms with Crippen LogP contribution in [0.15, 0.2) is 61.7 Å². The number of aryl methyl sites for hydroxylation is 1. The maximum atomic E-state index is 5.50. The van der Waals surface area contributed by atoms with E-state index in [4.69, 9.17) is 5.73 Å². The van der Waals surface area contributed by atoms with E-state index >= 15 is 0 Å². The van der Waals surface area contributed by atoms with E-state index in [1.54, 1.807) is 0 Å². The number of anilines is 1. The van der Waals surface area contributed by atoms with Crippen molar-refractivity contribution in [1.29, 1.82) is 0 Å². The average molecular weight is 280 g/mol. The molecule has 0 aliphatic carbocycles. The zero-order chi connectivity index (χ0) is 15.8. The highest BCUT2D eigenvalue weighted by Crippen LogP contribution is 2.13. The zero-order valence-corrected chi connectivity index (χ0v) is 13.1. The first-order valence-electron chi connectivity index (χ1n) is 6.89. The molecule has 2 rings (SSSR count). The highest BCUT2D eigenvalue weighted by Gasteiger charge is 1.97. The number of hydrogen-bond acceptors (Lipinski definition) is 2. The third-order valence-corrected chi connectivity index (χ3v) is 3.18. The molecule has 0 radical (unpaired) electrons. The first-order valence-corrected chi connectivity index (χ1v) is 6.89. The number of nitrogen functional groups attached to an aromatic ring is 1. The van der Waals surface area contributed by atoms with E-state index in [0.717, 1.165) is 22.5 Å². The summed E-state index contributed by atoms with van der Waals surface area (Å²) in [6.45, 7) is 11.8. The lowest BCUT2D eigenvalue weighted by molar-refractivity contribution is 1.12. The molecule has 0 amide bonds. The highest BCUT2D eigenvalue weighted by atomic mass is 14.8. The first-order chi connectivity index (χ1) is 9.95. The van der Waals surface area contributed by atoms with Crippen LogP contribution in [0.4, 0.5) is 5.69 Å². The second kappa shape index (κ2) is 7.95. The SMILES string of the molecule is C=C(C)c1ccc(N)cc1.C=C(NC)c1ccccc1C. The van der Waals surface area contributed by atoms with Crippen molar-refractivity contribution in [2.75, 3.05) is 12.8 Å². The monoisotopic (exact) mass is 280 g/mol. The first kappa shape index (κ1) is 16.6. The minimum atomic E-state index is 0.796. The van der Waals surface area contributed by atoms with Crippen molar-refractivity contribution in [3.8, 4) is 0 Å². The van der Waals surface area contributed by atoms with E-state index in [2.05, 4.69) is 37.5 Å². The van der Waals surface area contributed by atoms with Crippen LogP contribution in [0.25, 0.3) is 11.3 Å². The molecule has 0 heterocycles. The quantitative estimate of drug-likeness (QED) is 0.813. The van der Waals surface area contributed by atoms with Crippen LogP contribution in [0.5, 0.6) is 0 Å². The smallest absolute Gasteiger partial charge is 0.0340 e. The van der Waals surface area contributed by atoms with Crippen LogP contribution in [0, 0.1) is 6.92 Å². The van der Waals surface area contributed by atoms with Crippen LogP contribution < -0.4 is 11.1 Å². The average Bonchev–Trinajstić information content (AvgIpc) is 2.48. The predicted molar refractivity (Wildman–Crippen MR) is 94.8 cm³/mol. The Morgan fingerprint density at radius 1 is 1.00 bits per heavy atom. The molecule has 0 saturated heterocycles. The van der Waals surface area contributed by atoms with Crippen molar-refractivity contribution in [2.45, 2.75) is 13.8 Å². The Morgan fingerprint density at radius 2 is 1.57 bits per heavy atom. The molecule has 0 fully saturated rings. The Hall–Kier alpha value is -2.48. The standard InChI is InChI=1S/C10H13N.C9H11N/c1-8-6-4-5-7-10(8)9(2)11-3;1-7(2)8-3-5-9(10)6-4-8/h4-7,11H,2H2,1,3H3;3-6H,1,10H2,2H3. The van der Waals surface area contributed by atoms with Crippen molar-refractivity contribution in [1.82, 2.24) is 5.32 Å². The summed E-state index contributed by atoms with van der Waals surface area (Å²) in [7, 11) is 1.88. The lowest BCUT2D eigenvalue weighted by atomic mass is 10.1. The van der Waals surface area contributed by atoms with E-state index in [1.807, 2.05) is 50.4 Å². The summed E-state index contributed by atoms with van der Waals surface area (Å²) < 4.78 is 0. The Labute approximate surface area is 128 Å². The van der Waals surface area contributed by atoms with E-state index in [1.165, 1.54) is 11.1 Å². The summed E-state index contributed by atoms with van der Waals surface area (Å²) in [6, 6.07) is 15.9. The van der Waals surface area contributed by atoms with Gasteiger partial charge in [0.15, 0.2) is 0 Å². The second-order valence-corrected chi connectivity index (χ2v) is 4.95. The van der Waals surface area contributed by atoms with Gasteiger partial charge in [-0.1, -0.05) is 55.1 Å². The lowest BCUT2D eigenvalue weighted by Gasteiger charge is -2.07. The van der Waals surface area contributed by atoms with Gasteiger partial charge in [0.25, 0.3) is 0 Å². The molecule has 21 heavy (non-hydrogen) atoms. The summed E-state index contributed by atoms with van der Waals surface area (Å²) >= 11 is 0. The summed E-state index contributed by atoms with van der Waals surface area (Å²) in [5.41, 5.74) is 11.9. The number of rotatable bonds is 3. The van der Waals surface area contributed by atoms with Crippen LogP contribution >= 0.6 is 0 Å². The zero-order valence-electron chi connectivity index (χ0n) is 13.1. The van der Waals surface area contributed by atoms with Crippen molar-refractivity contribution in [3.05, 3.63) is 78.4 Å². The summed E-state index contributed by atoms with van der Waals surface area (Å²) in [5, 5.41) is 3.03. The van der Waals surface area contributed by atoms with Crippen LogP contribution in [0.2, 0.25) is 0 Å². The van der Waals surface area contributed by atoms with Gasteiger partial charge in [0, 0.05) is 18.4 Å². The maximum absolute atomic E-state index is 5.50. The highest BCUT2D eigenvalue weighted by molar-refractivity contribution is 5.64. The third kappa shape index (κ3) is 5.19. The van der Waals surface area contributed by atoms with Gasteiger partial charge in [-0.2, -0.15) is 0 Å². The largest absolute Gasteiger partial charge is 0.399 e. The molecule has 2 nitrogen and oxygen atoms in total. The molecule has 2 aromatic rings. The van der Waals surface area contributed by atoms with Gasteiger partial charge in [0.1, 0.15) is 0 Å². The number of benzene rings is 2. The molecule has 0 saturated carbocycles. The van der Waals surface area contributed by atoms with Crippen molar-refractivity contribution >= 4 is 17.0 Å². The fourth-order valence-electron chi connectivity index (χ4n) is 1.81. The fourth-order valence-corrected chi connectivity index (χ4v) is 1.81. The minimum absolute atomic E-state index is 0.796. The van der Waals surface area contributed by atoms with Gasteiger partial charge in [-0.05, 0) is 42.7 Å². The van der Waals surface area contributed by atoms with Gasteiger partial charge < -0.3 is 11.1 Å². The van der Waals surface area contributed by atoms with Crippen LogP contribution in [-0.2, 0) is 0 Å². The van der Waals surface area contributed by atoms with E-state index in [-0.39, 0.29) is 0 Å². The van der Waals surface area contributed by atoms with Gasteiger partial charge in [0.05, 0.1) is 0 Å². The molecule has 110 valence electrons. The molecule has 0 aromatic heterocycles. The number of nitrogens with one attached hydrogen (secondary N) is 1. The van der Waals surface area contributed by atoms with Gasteiger partial charge >= 0.3 is 0 Å². The topological polar surface area (TPSA) is 38.0 Å². The van der Waals surface area contributed by atoms with Gasteiger partial charge in [-0.3, -0.25) is 0 Å². The fraction of sp³-hybridized carbons (Fsp3) is 0.158. The lowest BCUT2D eigenvalue weighted by Crippen LogP contribution is -2.03. The van der Waals surface area contributed by atoms with Crippen molar-refractivity contribution in [3.63, 3.8) is 0 Å². The third-order valence-electron chi connectivity index (χ3n) is 3.18. The number of nitrogens with two attached hydrogens (primary N) is 1. The number of hydrogen-bond donors (Lipinski definition) is 2. The molecular weight excluding hydrogens is 256 g/mol. The Morgan fingerprint density at radius 3 is 2.05 bits per heavy atom. The van der Waals surface area contributed by atoms with E-state index in [0.29, 0.717) is 0 Å². The summed E-state index contributed by atoms with van der Waals surface area (Å²) in [4.78, 5) is 0. The van der Waals surface area contributed by atoms with Gasteiger partial charge in [0.2, 0.25) is 0 Å². The molecule has 0 bridgehead atoms. The Bertz CT molecular complexity index is 610. The van der Waals surface area contributed by atoms with E-state index in [9.17, 15) is 0 Å². The second-order valence-electron chi connectivity index (χ2n) is 4.95. The molecule has 0 aliphatic rings. The Kier molecular flexibility index (Phi) is 6.28. The molecule has 0 unspecified atom stereocenters. The number of allylic oxidation sites excluding steroid dienone is 1. The summed E-state index contributed by atoms with van der Waals surface area (Å²) in [5.74, 6) is 0. The summed E-state index contributed by atoms with van der Waals surface area (Å²) in [6.07, 6.45) is 0. The van der Waals surface area contributed by atoms with Gasteiger partial charge in [-0.25, -0.2) is 0 Å². The van der Waals surface area contributed by atoms with Crippen molar-refractivity contribution in [2.24, 2.45) is 0 Å². The van der Waals surface area contributed by atoms with Crippen molar-refractivity contribution < 1.29 is 0 Å². The van der Waals surface area contributed by atoms with Gasteiger partial charge in [-0.15, -0.1) is 0 Å². The molecule has 0 spiro atoms. The van der Waals surface area contributed by atoms with Crippen LogP contribution in [-0.4, -0.2) is 7.05 Å². The molecule has 2 aromatic carbocycles. The molecule has 3 N–H and O–H groups in total.